The molecule has 4 rings (SSSR count). The van der Waals surface area contributed by atoms with Gasteiger partial charge in [-0.3, -0.25) is 4.79 Å². The fourth-order valence-electron chi connectivity index (χ4n) is 6.26. The molecule has 0 heterocycles. The molecule has 9 heteroatoms. The maximum atomic E-state index is 14.9. The van der Waals surface area contributed by atoms with Gasteiger partial charge in [0.25, 0.3) is 0 Å². The normalized spacial score (nSPS) is 12.8. The first-order chi connectivity index (χ1) is 25.0. The zero-order valence-corrected chi connectivity index (χ0v) is 36.6. The maximum Gasteiger partial charge on any atom is 0.347 e. The molecule has 0 aliphatic carbocycles. The highest BCUT2D eigenvalue weighted by Gasteiger charge is 2.33. The van der Waals surface area contributed by atoms with E-state index >= 15 is 0 Å². The smallest absolute Gasteiger partial charge is 0.347 e. The second-order valence-corrected chi connectivity index (χ2v) is 22.3. The van der Waals surface area contributed by atoms with E-state index in [0.717, 1.165) is 44.2 Å². The van der Waals surface area contributed by atoms with Gasteiger partial charge in [0.2, 0.25) is 0 Å². The average molecular weight is 791 g/mol. The Labute approximate surface area is 335 Å². The summed E-state index contributed by atoms with van der Waals surface area (Å²) in [6.07, 6.45) is 0. The molecule has 0 unspecified atom stereocenters. The first kappa shape index (κ1) is 43.9. The minimum atomic E-state index is -0.798. The van der Waals surface area contributed by atoms with Crippen molar-refractivity contribution in [1.82, 2.24) is 0 Å². The van der Waals surface area contributed by atoms with Crippen LogP contribution in [-0.4, -0.2) is 21.1 Å². The van der Waals surface area contributed by atoms with Crippen molar-refractivity contribution >= 4 is 35.5 Å². The van der Waals surface area contributed by atoms with Crippen LogP contribution in [0.3, 0.4) is 0 Å². The molecule has 1 N–H and O–H groups in total. The van der Waals surface area contributed by atoms with Crippen molar-refractivity contribution in [3.05, 3.63) is 100 Å². The van der Waals surface area contributed by atoms with Crippen molar-refractivity contribution < 1.29 is 33.0 Å². The number of phenolic OH excluding ortho intramolecular Hbond substituents is 1. The van der Waals surface area contributed by atoms with Gasteiger partial charge in [-0.15, -0.1) is 23.5 Å². The van der Waals surface area contributed by atoms with E-state index in [9.17, 15) is 23.5 Å². The van der Waals surface area contributed by atoms with Gasteiger partial charge in [0.05, 0.1) is 4.08 Å². The van der Waals surface area contributed by atoms with E-state index in [1.807, 2.05) is 0 Å². The predicted molar refractivity (Wildman–Crippen MR) is 223 cm³/mol. The van der Waals surface area contributed by atoms with Crippen LogP contribution >= 0.6 is 23.5 Å². The van der Waals surface area contributed by atoms with E-state index < -0.39 is 34.4 Å². The van der Waals surface area contributed by atoms with Crippen LogP contribution < -0.4 is 9.47 Å². The zero-order chi connectivity index (χ0) is 41.6. The number of rotatable bonds is 8. The third kappa shape index (κ3) is 10.7. The highest BCUT2D eigenvalue weighted by atomic mass is 32.2. The van der Waals surface area contributed by atoms with Gasteiger partial charge in [0, 0.05) is 50.6 Å². The summed E-state index contributed by atoms with van der Waals surface area (Å²) in [5.41, 5.74) is 2.26. The van der Waals surface area contributed by atoms with Crippen molar-refractivity contribution in [2.75, 3.05) is 0 Å². The maximum absolute atomic E-state index is 14.9. The van der Waals surface area contributed by atoms with E-state index in [4.69, 9.17) is 9.47 Å². The summed E-state index contributed by atoms with van der Waals surface area (Å²) < 4.78 is 40.0. The quantitative estimate of drug-likeness (QED) is 0.0824. The average Bonchev–Trinajstić information content (AvgIpc) is 3.00. The monoisotopic (exact) mass is 790 g/mol. The summed E-state index contributed by atoms with van der Waals surface area (Å²) in [7, 11) is 0. The molecule has 0 aliphatic heterocycles. The van der Waals surface area contributed by atoms with E-state index in [2.05, 4.69) is 121 Å². The Bertz CT molecular complexity index is 2040. The zero-order valence-electron chi connectivity index (χ0n) is 34.9. The second-order valence-electron chi connectivity index (χ2n) is 18.6. The summed E-state index contributed by atoms with van der Waals surface area (Å²) in [4.78, 5) is 28.4. The molecule has 4 aromatic rings. The topological polar surface area (TPSA) is 72.8 Å². The van der Waals surface area contributed by atoms with Crippen molar-refractivity contribution in [2.24, 2.45) is 0 Å². The first-order valence-electron chi connectivity index (χ1n) is 18.4. The summed E-state index contributed by atoms with van der Waals surface area (Å²) >= 11 is 3.44. The molecule has 55 heavy (non-hydrogen) atoms. The van der Waals surface area contributed by atoms with E-state index in [-0.39, 0.29) is 37.3 Å². The van der Waals surface area contributed by atoms with Gasteiger partial charge in [-0.05, 0) is 89.6 Å². The molecule has 0 fully saturated rings. The molecule has 296 valence electrons. The molecule has 0 radical (unpaired) electrons. The van der Waals surface area contributed by atoms with Crippen LogP contribution in [0.25, 0.3) is 11.1 Å². The molecule has 0 amide bonds. The minimum absolute atomic E-state index is 0.0391. The van der Waals surface area contributed by atoms with Gasteiger partial charge in [-0.2, -0.15) is 0 Å². The Kier molecular flexibility index (Phi) is 12.5. The third-order valence-electron chi connectivity index (χ3n) is 9.00. The Hall–Kier alpha value is -3.82. The molecule has 0 saturated heterocycles. The van der Waals surface area contributed by atoms with Crippen LogP contribution in [0.5, 0.6) is 17.2 Å². The molecule has 0 aliphatic rings. The summed E-state index contributed by atoms with van der Waals surface area (Å²) in [5.74, 6) is -2.25. The van der Waals surface area contributed by atoms with Gasteiger partial charge in [0.15, 0.2) is 0 Å². The molecule has 0 spiro atoms. The number of esters is 2. The van der Waals surface area contributed by atoms with Crippen LogP contribution in [0.15, 0.2) is 70.5 Å². The number of hydrogen-bond donors (Lipinski definition) is 1. The summed E-state index contributed by atoms with van der Waals surface area (Å²) in [6, 6.07) is 15.9. The second kappa shape index (κ2) is 15.6. The lowest BCUT2D eigenvalue weighted by Crippen LogP contribution is -2.23. The van der Waals surface area contributed by atoms with Crippen LogP contribution in [0, 0.1) is 11.6 Å². The number of thioether (sulfide) groups is 2. The van der Waals surface area contributed by atoms with Crippen LogP contribution in [-0.2, 0) is 26.5 Å². The molecule has 0 aromatic heterocycles. The first-order valence-corrected chi connectivity index (χ1v) is 20.1. The molecule has 0 atom stereocenters. The van der Waals surface area contributed by atoms with Gasteiger partial charge >= 0.3 is 11.9 Å². The lowest BCUT2D eigenvalue weighted by atomic mass is 9.79. The van der Waals surface area contributed by atoms with Gasteiger partial charge < -0.3 is 14.6 Å². The number of benzene rings is 4. The van der Waals surface area contributed by atoms with E-state index in [1.165, 1.54) is 31.2 Å². The summed E-state index contributed by atoms with van der Waals surface area (Å²) in [6.45, 7) is 30.6. The highest BCUT2D eigenvalue weighted by molar-refractivity contribution is 8.18. The fourth-order valence-corrected chi connectivity index (χ4v) is 8.84. The number of carbonyl (C=O) groups excluding carboxylic acids is 2. The highest BCUT2D eigenvalue weighted by Crippen LogP contribution is 2.51. The Morgan fingerprint density at radius 3 is 1.47 bits per heavy atom. The van der Waals surface area contributed by atoms with Crippen molar-refractivity contribution in [2.45, 2.75) is 139 Å². The SMILES string of the molecule is CC(=O)Oc1ccc(-c2ccc(F)cc2F)cc1C(=O)Oc1c(C(C)(C)C)cc(SC(C)(C)Sc2cc(C(C)(C)C)c(O)c(C(C)(C)C)c2)cc1C(C)(C)C. The van der Waals surface area contributed by atoms with Crippen molar-refractivity contribution in [3.63, 3.8) is 0 Å². The van der Waals surface area contributed by atoms with Crippen LogP contribution in [0.2, 0.25) is 0 Å². The molecular weight excluding hydrogens is 735 g/mol. The molecule has 4 aromatic carbocycles. The lowest BCUT2D eigenvalue weighted by molar-refractivity contribution is -0.131. The number of phenols is 1. The Morgan fingerprint density at radius 1 is 0.600 bits per heavy atom. The number of aromatic hydroxyl groups is 1. The van der Waals surface area contributed by atoms with Crippen LogP contribution in [0.1, 0.15) is 136 Å². The molecule has 0 saturated carbocycles. The fraction of sp³-hybridized carbons (Fsp3) is 0.435. The largest absolute Gasteiger partial charge is 0.507 e. The Balaban J connectivity index is 1.82. The van der Waals surface area contributed by atoms with Crippen molar-refractivity contribution in [1.29, 1.82) is 0 Å². The van der Waals surface area contributed by atoms with Crippen LogP contribution in [0.4, 0.5) is 8.78 Å². The van der Waals surface area contributed by atoms with Gasteiger partial charge in [0.1, 0.15) is 34.4 Å². The number of hydrogen-bond acceptors (Lipinski definition) is 7. The Morgan fingerprint density at radius 2 is 1.05 bits per heavy atom. The lowest BCUT2D eigenvalue weighted by Gasteiger charge is -2.32. The van der Waals surface area contributed by atoms with E-state index in [1.54, 1.807) is 23.5 Å². The molecular formula is C46H56F2O5S2. The van der Waals surface area contributed by atoms with Gasteiger partial charge in [-0.25, -0.2) is 13.6 Å². The predicted octanol–water partition coefficient (Wildman–Crippen LogP) is 13.3. The number of halogens is 2. The number of carbonyl (C=O) groups is 2. The third-order valence-corrected chi connectivity index (χ3v) is 11.4. The molecule has 0 bridgehead atoms. The van der Waals surface area contributed by atoms with E-state index in [0.29, 0.717) is 11.5 Å². The standard InChI is InChI=1S/C46H56F2O5S2/c1-26(49)52-38-19-16-27(31-18-17-28(47)21-37(31)48)20-32(38)41(51)53-40-35(44(8,9)10)24-30(25-36(40)45(11,12)13)55-46(14,15)54-29-22-33(42(2,3)4)39(50)34(23-29)43(5,6)7/h16-25,50H,1-15H3. The molecule has 5 nitrogen and oxygen atoms in total. The van der Waals surface area contributed by atoms with Gasteiger partial charge in [-0.1, -0.05) is 89.2 Å². The summed E-state index contributed by atoms with van der Waals surface area (Å²) in [5, 5.41) is 11.3. The van der Waals surface area contributed by atoms with Crippen molar-refractivity contribution in [3.8, 4) is 28.4 Å². The number of ether oxygens (including phenoxy) is 2. The minimum Gasteiger partial charge on any atom is -0.507 e.